The SMILES string of the molecule is Cc1nnc(/C=C/c2ccccc2OCC(O)CN2CCN(C(c3ccccc3)c3ccccc3)CC2)s1. The highest BCUT2D eigenvalue weighted by atomic mass is 32.1. The molecule has 0 saturated carbocycles. The number of aliphatic hydroxyl groups excluding tert-OH is 1. The van der Waals surface area contributed by atoms with Gasteiger partial charge in [0.15, 0.2) is 0 Å². The van der Waals surface area contributed by atoms with Crippen LogP contribution in [-0.2, 0) is 0 Å². The fraction of sp³-hybridized carbons (Fsp3) is 0.290. The standard InChI is InChI=1S/C31H34N4O2S/c1-24-32-33-30(38-24)17-16-25-10-8-9-15-29(25)37-23-28(36)22-34-18-20-35(21-19-34)31(26-11-4-2-5-12-26)27-13-6-3-7-14-27/h2-17,28,31,36H,18-23H2,1H3/b17-16+. The zero-order valence-electron chi connectivity index (χ0n) is 21.7. The fourth-order valence-electron chi connectivity index (χ4n) is 4.92. The molecule has 7 heteroatoms. The van der Waals surface area contributed by atoms with Crippen molar-refractivity contribution in [2.24, 2.45) is 0 Å². The lowest BCUT2D eigenvalue weighted by Gasteiger charge is -2.40. The van der Waals surface area contributed by atoms with E-state index in [4.69, 9.17) is 4.74 Å². The van der Waals surface area contributed by atoms with E-state index in [0.717, 1.165) is 47.5 Å². The first-order valence-electron chi connectivity index (χ1n) is 13.1. The second kappa shape index (κ2) is 12.9. The average molecular weight is 527 g/mol. The zero-order valence-corrected chi connectivity index (χ0v) is 22.5. The van der Waals surface area contributed by atoms with Crippen molar-refractivity contribution in [3.8, 4) is 5.75 Å². The molecule has 0 amide bonds. The summed E-state index contributed by atoms with van der Waals surface area (Å²) < 4.78 is 6.04. The van der Waals surface area contributed by atoms with Crippen molar-refractivity contribution in [3.05, 3.63) is 112 Å². The molecule has 3 aromatic carbocycles. The summed E-state index contributed by atoms with van der Waals surface area (Å²) in [7, 11) is 0. The van der Waals surface area contributed by atoms with Crippen LogP contribution in [0.2, 0.25) is 0 Å². The van der Waals surface area contributed by atoms with Crippen LogP contribution in [0.25, 0.3) is 12.2 Å². The number of β-amino-alcohol motifs (C(OH)–C–C–N with tert-alkyl or cyclic N) is 1. The molecule has 1 unspecified atom stereocenters. The maximum atomic E-state index is 10.8. The number of piperazine rings is 1. The van der Waals surface area contributed by atoms with Crippen molar-refractivity contribution in [3.63, 3.8) is 0 Å². The summed E-state index contributed by atoms with van der Waals surface area (Å²) in [5.41, 5.74) is 3.58. The highest BCUT2D eigenvalue weighted by Gasteiger charge is 2.27. The number of rotatable bonds is 10. The van der Waals surface area contributed by atoms with E-state index in [2.05, 4.69) is 80.7 Å². The van der Waals surface area contributed by atoms with Crippen LogP contribution in [0, 0.1) is 6.92 Å². The Bertz CT molecular complexity index is 1260. The number of benzene rings is 3. The first-order chi connectivity index (χ1) is 18.7. The summed E-state index contributed by atoms with van der Waals surface area (Å²) in [6.45, 7) is 6.50. The zero-order chi connectivity index (χ0) is 26.2. The topological polar surface area (TPSA) is 61.7 Å². The summed E-state index contributed by atoms with van der Waals surface area (Å²) in [4.78, 5) is 4.88. The number of ether oxygens (including phenoxy) is 1. The van der Waals surface area contributed by atoms with Crippen molar-refractivity contribution in [1.29, 1.82) is 0 Å². The lowest BCUT2D eigenvalue weighted by atomic mass is 9.96. The quantitative estimate of drug-likeness (QED) is 0.308. The minimum absolute atomic E-state index is 0.237. The Morgan fingerprint density at radius 1 is 0.842 bits per heavy atom. The number of aromatic nitrogens is 2. The summed E-state index contributed by atoms with van der Waals surface area (Å²) in [5, 5.41) is 20.8. The van der Waals surface area contributed by atoms with Crippen molar-refractivity contribution in [1.82, 2.24) is 20.0 Å². The number of hydrogen-bond donors (Lipinski definition) is 1. The van der Waals surface area contributed by atoms with Crippen LogP contribution in [0.1, 0.15) is 32.7 Å². The molecule has 1 aliphatic heterocycles. The lowest BCUT2D eigenvalue weighted by Crippen LogP contribution is -2.50. The minimum atomic E-state index is -0.566. The number of hydrogen-bond acceptors (Lipinski definition) is 7. The molecule has 1 atom stereocenters. The summed E-state index contributed by atoms with van der Waals surface area (Å²) in [5.74, 6) is 0.752. The molecule has 1 aliphatic rings. The monoisotopic (exact) mass is 526 g/mol. The molecule has 1 fully saturated rings. The van der Waals surface area contributed by atoms with Crippen LogP contribution < -0.4 is 4.74 Å². The summed E-state index contributed by atoms with van der Waals surface area (Å²) in [6.07, 6.45) is 3.36. The molecule has 0 bridgehead atoms. The third-order valence-corrected chi connectivity index (χ3v) is 7.57. The van der Waals surface area contributed by atoms with E-state index < -0.39 is 6.10 Å². The van der Waals surface area contributed by atoms with E-state index in [9.17, 15) is 5.11 Å². The Kier molecular flexibility index (Phi) is 8.94. The van der Waals surface area contributed by atoms with Gasteiger partial charge >= 0.3 is 0 Å². The van der Waals surface area contributed by atoms with Crippen LogP contribution in [0.15, 0.2) is 84.9 Å². The fourth-order valence-corrected chi connectivity index (χ4v) is 5.52. The number of aliphatic hydroxyl groups is 1. The van der Waals surface area contributed by atoms with E-state index in [1.54, 1.807) is 11.3 Å². The third kappa shape index (κ3) is 6.94. The predicted octanol–water partition coefficient (Wildman–Crippen LogP) is 5.16. The lowest BCUT2D eigenvalue weighted by molar-refractivity contribution is 0.0400. The predicted molar refractivity (Wildman–Crippen MR) is 154 cm³/mol. The van der Waals surface area contributed by atoms with Gasteiger partial charge in [-0.15, -0.1) is 10.2 Å². The molecule has 5 rings (SSSR count). The largest absolute Gasteiger partial charge is 0.490 e. The van der Waals surface area contributed by atoms with Crippen LogP contribution in [0.3, 0.4) is 0 Å². The second-order valence-corrected chi connectivity index (χ2v) is 10.8. The van der Waals surface area contributed by atoms with Crippen LogP contribution in [-0.4, -0.2) is 70.5 Å². The molecule has 196 valence electrons. The molecule has 1 N–H and O–H groups in total. The van der Waals surface area contributed by atoms with Crippen molar-refractivity contribution in [2.75, 3.05) is 39.3 Å². The van der Waals surface area contributed by atoms with Crippen molar-refractivity contribution >= 4 is 23.5 Å². The van der Waals surface area contributed by atoms with Gasteiger partial charge in [-0.05, 0) is 36.3 Å². The van der Waals surface area contributed by atoms with Gasteiger partial charge in [-0.3, -0.25) is 9.80 Å². The molecular weight excluding hydrogens is 492 g/mol. The molecule has 0 spiro atoms. The molecular formula is C31H34N4O2S. The Hall–Kier alpha value is -3.36. The smallest absolute Gasteiger partial charge is 0.140 e. The molecule has 6 nitrogen and oxygen atoms in total. The maximum absolute atomic E-state index is 10.8. The van der Waals surface area contributed by atoms with Gasteiger partial charge in [-0.1, -0.05) is 90.2 Å². The van der Waals surface area contributed by atoms with E-state index in [-0.39, 0.29) is 12.6 Å². The molecule has 1 saturated heterocycles. The maximum Gasteiger partial charge on any atom is 0.140 e. The minimum Gasteiger partial charge on any atom is -0.490 e. The first-order valence-corrected chi connectivity index (χ1v) is 13.9. The molecule has 0 radical (unpaired) electrons. The van der Waals surface area contributed by atoms with Gasteiger partial charge in [0.05, 0.1) is 6.04 Å². The van der Waals surface area contributed by atoms with Crippen LogP contribution in [0.4, 0.5) is 0 Å². The Morgan fingerprint density at radius 2 is 1.47 bits per heavy atom. The van der Waals surface area contributed by atoms with Gasteiger partial charge in [0.1, 0.15) is 28.5 Å². The van der Waals surface area contributed by atoms with Crippen molar-refractivity contribution < 1.29 is 9.84 Å². The van der Waals surface area contributed by atoms with E-state index in [1.807, 2.05) is 43.3 Å². The van der Waals surface area contributed by atoms with Gasteiger partial charge < -0.3 is 9.84 Å². The van der Waals surface area contributed by atoms with E-state index in [1.165, 1.54) is 11.1 Å². The normalized spacial score (nSPS) is 15.8. The van der Waals surface area contributed by atoms with Crippen LogP contribution >= 0.6 is 11.3 Å². The Labute approximate surface area is 228 Å². The highest BCUT2D eigenvalue weighted by molar-refractivity contribution is 7.12. The van der Waals surface area contributed by atoms with Gasteiger partial charge in [0.25, 0.3) is 0 Å². The summed E-state index contributed by atoms with van der Waals surface area (Å²) >= 11 is 1.55. The number of nitrogens with zero attached hydrogens (tertiary/aromatic N) is 4. The van der Waals surface area contributed by atoms with Gasteiger partial charge in [0.2, 0.25) is 0 Å². The molecule has 2 heterocycles. The summed E-state index contributed by atoms with van der Waals surface area (Å²) in [6, 6.07) is 29.6. The Balaban J connectivity index is 1.14. The van der Waals surface area contributed by atoms with Crippen molar-refractivity contribution in [2.45, 2.75) is 19.1 Å². The molecule has 0 aliphatic carbocycles. The number of aryl methyl sites for hydroxylation is 1. The Morgan fingerprint density at radius 3 is 2.11 bits per heavy atom. The van der Waals surface area contributed by atoms with Gasteiger partial charge in [0, 0.05) is 38.3 Å². The van der Waals surface area contributed by atoms with Gasteiger partial charge in [-0.2, -0.15) is 0 Å². The molecule has 1 aromatic heterocycles. The number of para-hydroxylation sites is 1. The molecule has 38 heavy (non-hydrogen) atoms. The highest BCUT2D eigenvalue weighted by Crippen LogP contribution is 2.29. The second-order valence-electron chi connectivity index (χ2n) is 9.56. The van der Waals surface area contributed by atoms with E-state index in [0.29, 0.717) is 6.54 Å². The molecule has 4 aromatic rings. The first kappa shape index (κ1) is 26.3. The third-order valence-electron chi connectivity index (χ3n) is 6.77. The van der Waals surface area contributed by atoms with Crippen LogP contribution in [0.5, 0.6) is 5.75 Å². The van der Waals surface area contributed by atoms with E-state index >= 15 is 0 Å². The average Bonchev–Trinajstić information content (AvgIpc) is 3.38. The van der Waals surface area contributed by atoms with Gasteiger partial charge in [-0.25, -0.2) is 0 Å².